The van der Waals surface area contributed by atoms with Crippen LogP contribution in [0.1, 0.15) is 26.3 Å². The van der Waals surface area contributed by atoms with Crippen LogP contribution in [0.5, 0.6) is 0 Å². The summed E-state index contributed by atoms with van der Waals surface area (Å²) in [4.78, 5) is 31.4. The summed E-state index contributed by atoms with van der Waals surface area (Å²) in [6.45, 7) is 0. The second-order valence-electron chi connectivity index (χ2n) is 2.76. The number of carbonyl (C=O) groups is 3. The normalized spacial score (nSPS) is 8.75. The Morgan fingerprint density at radius 3 is 2.38 bits per heavy atom. The van der Waals surface area contributed by atoms with Crippen LogP contribution >= 0.6 is 0 Å². The Morgan fingerprint density at radius 1 is 1.19 bits per heavy atom. The van der Waals surface area contributed by atoms with Crippen molar-refractivity contribution in [3.63, 3.8) is 0 Å². The zero-order chi connectivity index (χ0) is 12.1. The molecule has 0 fully saturated rings. The average Bonchev–Trinajstić information content (AvgIpc) is 2.25. The molecule has 16 heavy (non-hydrogen) atoms. The van der Waals surface area contributed by atoms with E-state index in [2.05, 4.69) is 5.92 Å². The smallest absolute Gasteiger partial charge is 0.336 e. The van der Waals surface area contributed by atoms with Gasteiger partial charge in [-0.25, -0.2) is 9.59 Å². The fourth-order valence-corrected chi connectivity index (χ4v) is 1.07. The first-order chi connectivity index (χ1) is 7.56. The Morgan fingerprint density at radius 2 is 1.88 bits per heavy atom. The molecule has 1 aromatic rings. The summed E-state index contributed by atoms with van der Waals surface area (Å²) in [6.07, 6.45) is 0.305. The summed E-state index contributed by atoms with van der Waals surface area (Å²) in [6, 6.07) is 3.42. The third kappa shape index (κ3) is 2.45. The van der Waals surface area contributed by atoms with E-state index in [1.54, 1.807) is 0 Å². The van der Waals surface area contributed by atoms with Crippen LogP contribution in [0.3, 0.4) is 0 Å². The van der Waals surface area contributed by atoms with Crippen LogP contribution in [0.25, 0.3) is 0 Å². The predicted octanol–water partition coefficient (Wildman–Crippen LogP) is 0.633. The zero-order valence-electron chi connectivity index (χ0n) is 7.93. The number of hydrogen-bond acceptors (Lipinski definition) is 3. The van der Waals surface area contributed by atoms with E-state index in [0.29, 0.717) is 6.29 Å². The molecule has 0 radical (unpaired) electrons. The summed E-state index contributed by atoms with van der Waals surface area (Å²) >= 11 is 0. The van der Waals surface area contributed by atoms with Crippen molar-refractivity contribution in [2.45, 2.75) is 0 Å². The fraction of sp³-hybridized carbons (Fsp3) is 0. The Kier molecular flexibility index (Phi) is 3.41. The zero-order valence-corrected chi connectivity index (χ0v) is 7.93. The van der Waals surface area contributed by atoms with E-state index in [0.717, 1.165) is 18.2 Å². The molecule has 0 atom stereocenters. The van der Waals surface area contributed by atoms with Crippen LogP contribution in [0.2, 0.25) is 0 Å². The molecule has 0 heterocycles. The van der Waals surface area contributed by atoms with Gasteiger partial charge in [-0.05, 0) is 24.1 Å². The van der Waals surface area contributed by atoms with Gasteiger partial charge in [0.1, 0.15) is 0 Å². The molecule has 0 unspecified atom stereocenters. The summed E-state index contributed by atoms with van der Waals surface area (Å²) < 4.78 is 0. The molecule has 2 N–H and O–H groups in total. The SMILES string of the molecule is O=CC#Cc1cc(C(=O)O)ccc1C(=O)O. The Balaban J connectivity index is 3.37. The van der Waals surface area contributed by atoms with Gasteiger partial charge in [-0.1, -0.05) is 5.92 Å². The number of benzene rings is 1. The molecule has 0 bridgehead atoms. The maximum Gasteiger partial charge on any atom is 0.336 e. The van der Waals surface area contributed by atoms with Gasteiger partial charge in [0.2, 0.25) is 0 Å². The maximum absolute atomic E-state index is 10.8. The molecule has 0 aromatic heterocycles. The molecule has 0 aliphatic carbocycles. The molecule has 1 rings (SSSR count). The minimum absolute atomic E-state index is 0.000463. The monoisotopic (exact) mass is 218 g/mol. The molecule has 0 aliphatic rings. The topological polar surface area (TPSA) is 91.7 Å². The lowest BCUT2D eigenvalue weighted by Gasteiger charge is -2.00. The maximum atomic E-state index is 10.8. The van der Waals surface area contributed by atoms with Crippen molar-refractivity contribution in [3.8, 4) is 11.8 Å². The number of hydrogen-bond donors (Lipinski definition) is 2. The van der Waals surface area contributed by atoms with Gasteiger partial charge in [0.05, 0.1) is 11.1 Å². The summed E-state index contributed by atoms with van der Waals surface area (Å²) in [5.74, 6) is 1.90. The van der Waals surface area contributed by atoms with Gasteiger partial charge in [0.15, 0.2) is 6.29 Å². The first-order valence-corrected chi connectivity index (χ1v) is 4.12. The molecule has 0 amide bonds. The van der Waals surface area contributed by atoms with E-state index in [1.807, 2.05) is 5.92 Å². The molecular formula is C11H6O5. The van der Waals surface area contributed by atoms with Gasteiger partial charge < -0.3 is 10.2 Å². The highest BCUT2D eigenvalue weighted by Gasteiger charge is 2.11. The Bertz CT molecular complexity index is 519. The third-order valence-corrected chi connectivity index (χ3v) is 1.76. The van der Waals surface area contributed by atoms with E-state index < -0.39 is 11.9 Å². The van der Waals surface area contributed by atoms with E-state index >= 15 is 0 Å². The van der Waals surface area contributed by atoms with Crippen LogP contribution in [0, 0.1) is 11.8 Å². The van der Waals surface area contributed by atoms with Gasteiger partial charge in [0.25, 0.3) is 0 Å². The highest BCUT2D eigenvalue weighted by atomic mass is 16.4. The quantitative estimate of drug-likeness (QED) is 0.561. The standard InChI is InChI=1S/C11H6O5/c12-5-1-2-7-6-8(10(13)14)3-4-9(7)11(15)16/h3-6H,(H,13,14)(H,15,16). The van der Waals surface area contributed by atoms with Crippen LogP contribution < -0.4 is 0 Å². The lowest BCUT2D eigenvalue weighted by atomic mass is 10.0. The number of rotatable bonds is 2. The second-order valence-corrected chi connectivity index (χ2v) is 2.76. The molecule has 0 aliphatic heterocycles. The molecule has 5 nitrogen and oxygen atoms in total. The highest BCUT2D eigenvalue weighted by molar-refractivity contribution is 5.94. The Hall–Kier alpha value is -2.61. The average molecular weight is 218 g/mol. The number of carboxylic acids is 2. The van der Waals surface area contributed by atoms with Crippen LogP contribution in [-0.4, -0.2) is 28.4 Å². The van der Waals surface area contributed by atoms with Gasteiger partial charge >= 0.3 is 11.9 Å². The lowest BCUT2D eigenvalue weighted by Crippen LogP contribution is -2.03. The first-order valence-electron chi connectivity index (χ1n) is 4.12. The summed E-state index contributed by atoms with van der Waals surface area (Å²) in [7, 11) is 0. The van der Waals surface area contributed by atoms with Gasteiger partial charge in [-0.2, -0.15) is 0 Å². The van der Waals surface area contributed by atoms with E-state index in [-0.39, 0.29) is 16.7 Å². The van der Waals surface area contributed by atoms with Crippen LogP contribution in [-0.2, 0) is 4.79 Å². The fourth-order valence-electron chi connectivity index (χ4n) is 1.07. The molecule has 5 heteroatoms. The number of aromatic carboxylic acids is 2. The van der Waals surface area contributed by atoms with Crippen molar-refractivity contribution in [2.75, 3.05) is 0 Å². The molecule has 0 spiro atoms. The number of carbonyl (C=O) groups excluding carboxylic acids is 1. The van der Waals surface area contributed by atoms with E-state index in [4.69, 9.17) is 10.2 Å². The second kappa shape index (κ2) is 4.75. The van der Waals surface area contributed by atoms with E-state index in [1.165, 1.54) is 0 Å². The summed E-state index contributed by atoms with van der Waals surface area (Å²) in [5.41, 5.74) is -0.223. The highest BCUT2D eigenvalue weighted by Crippen LogP contribution is 2.11. The van der Waals surface area contributed by atoms with Crippen molar-refractivity contribution in [1.29, 1.82) is 0 Å². The lowest BCUT2D eigenvalue weighted by molar-refractivity contribution is -0.103. The molecule has 0 saturated heterocycles. The van der Waals surface area contributed by atoms with Gasteiger partial charge in [-0.15, -0.1) is 0 Å². The number of aldehydes is 1. The van der Waals surface area contributed by atoms with Crippen LogP contribution in [0.15, 0.2) is 18.2 Å². The minimum Gasteiger partial charge on any atom is -0.478 e. The van der Waals surface area contributed by atoms with Crippen molar-refractivity contribution in [2.24, 2.45) is 0 Å². The molecule has 1 aromatic carbocycles. The van der Waals surface area contributed by atoms with E-state index in [9.17, 15) is 14.4 Å². The van der Waals surface area contributed by atoms with Crippen molar-refractivity contribution in [3.05, 3.63) is 34.9 Å². The van der Waals surface area contributed by atoms with Crippen molar-refractivity contribution < 1.29 is 24.6 Å². The minimum atomic E-state index is -1.23. The molecular weight excluding hydrogens is 212 g/mol. The number of carboxylic acid groups (broad SMARTS) is 2. The van der Waals surface area contributed by atoms with Gasteiger partial charge in [-0.3, -0.25) is 4.79 Å². The largest absolute Gasteiger partial charge is 0.478 e. The predicted molar refractivity (Wildman–Crippen MR) is 53.3 cm³/mol. The third-order valence-electron chi connectivity index (χ3n) is 1.76. The van der Waals surface area contributed by atoms with Crippen molar-refractivity contribution in [1.82, 2.24) is 0 Å². The molecule has 80 valence electrons. The van der Waals surface area contributed by atoms with Crippen molar-refractivity contribution >= 4 is 18.2 Å². The Labute approximate surface area is 90.3 Å². The van der Waals surface area contributed by atoms with Gasteiger partial charge in [0, 0.05) is 5.56 Å². The summed E-state index contributed by atoms with van der Waals surface area (Å²) in [5, 5.41) is 17.5. The van der Waals surface area contributed by atoms with Crippen LogP contribution in [0.4, 0.5) is 0 Å². The first kappa shape index (κ1) is 11.5. The molecule has 0 saturated carbocycles.